The highest BCUT2D eigenvalue weighted by Gasteiger charge is 2.29. The average Bonchev–Trinajstić information content (AvgIpc) is 2.54. The summed E-state index contributed by atoms with van der Waals surface area (Å²) in [6, 6.07) is 5.70. The summed E-state index contributed by atoms with van der Waals surface area (Å²) in [5.74, 6) is 0.439. The topological polar surface area (TPSA) is 72.4 Å². The summed E-state index contributed by atoms with van der Waals surface area (Å²) in [5, 5.41) is 2.81. The molecular formula is C14H15F4N5O2. The predicted molar refractivity (Wildman–Crippen MR) is 82.0 cm³/mol. The second kappa shape index (κ2) is 7.81. The summed E-state index contributed by atoms with van der Waals surface area (Å²) in [6.45, 7) is -2.47. The molecule has 0 saturated heterocycles. The molecule has 1 N–H and O–H groups in total. The van der Waals surface area contributed by atoms with Crippen LogP contribution in [0.4, 0.5) is 35.1 Å². The molecule has 0 unspecified atom stereocenters. The van der Waals surface area contributed by atoms with Crippen LogP contribution in [-0.2, 0) is 0 Å². The summed E-state index contributed by atoms with van der Waals surface area (Å²) in [7, 11) is 3.24. The van der Waals surface area contributed by atoms with Gasteiger partial charge in [-0.25, -0.2) is 4.39 Å². The van der Waals surface area contributed by atoms with Crippen molar-refractivity contribution in [1.82, 2.24) is 15.0 Å². The maximum atomic E-state index is 12.3. The van der Waals surface area contributed by atoms with E-state index in [2.05, 4.69) is 29.7 Å². The zero-order valence-corrected chi connectivity index (χ0v) is 13.3. The van der Waals surface area contributed by atoms with Crippen molar-refractivity contribution in [1.29, 1.82) is 0 Å². The molecule has 2 rings (SSSR count). The third-order valence-corrected chi connectivity index (χ3v) is 2.70. The third-order valence-electron chi connectivity index (χ3n) is 2.70. The molecule has 0 saturated carbocycles. The Kier molecular flexibility index (Phi) is 5.78. The minimum Gasteiger partial charge on any atom is -0.463 e. The smallest absolute Gasteiger partial charge is 0.422 e. The number of rotatable bonds is 7. The zero-order valence-electron chi connectivity index (χ0n) is 13.3. The summed E-state index contributed by atoms with van der Waals surface area (Å²) in [6.07, 6.45) is -4.51. The highest BCUT2D eigenvalue weighted by Crippen LogP contribution is 2.22. The Morgan fingerprint density at radius 2 is 1.72 bits per heavy atom. The molecule has 1 aromatic carbocycles. The number of hydrogen-bond acceptors (Lipinski definition) is 7. The lowest BCUT2D eigenvalue weighted by molar-refractivity contribution is -0.154. The molecule has 0 aliphatic rings. The number of aromatic nitrogens is 3. The van der Waals surface area contributed by atoms with Gasteiger partial charge in [-0.3, -0.25) is 0 Å². The van der Waals surface area contributed by atoms with Crippen LogP contribution in [0.2, 0.25) is 0 Å². The van der Waals surface area contributed by atoms with Gasteiger partial charge in [-0.05, 0) is 24.3 Å². The van der Waals surface area contributed by atoms with E-state index < -0.39 is 25.7 Å². The van der Waals surface area contributed by atoms with Crippen LogP contribution in [0.1, 0.15) is 0 Å². The van der Waals surface area contributed by atoms with E-state index in [-0.39, 0.29) is 11.9 Å². The maximum absolute atomic E-state index is 12.3. The van der Waals surface area contributed by atoms with E-state index in [1.165, 1.54) is 17.0 Å². The van der Waals surface area contributed by atoms with Crippen LogP contribution < -0.4 is 19.7 Å². The first-order chi connectivity index (χ1) is 11.8. The molecular weight excluding hydrogens is 346 g/mol. The predicted octanol–water partition coefficient (Wildman–Crippen LogP) is 2.93. The molecule has 1 aromatic heterocycles. The molecule has 0 bridgehead atoms. The van der Waals surface area contributed by atoms with Crippen molar-refractivity contribution in [2.24, 2.45) is 0 Å². The van der Waals surface area contributed by atoms with Crippen LogP contribution in [0.15, 0.2) is 24.3 Å². The number of anilines is 3. The molecule has 1 heterocycles. The van der Waals surface area contributed by atoms with E-state index in [1.54, 1.807) is 26.2 Å². The first kappa shape index (κ1) is 18.5. The number of nitrogens with one attached hydrogen (secondary N) is 1. The van der Waals surface area contributed by atoms with Gasteiger partial charge in [0, 0.05) is 19.8 Å². The minimum absolute atomic E-state index is 0.00460. The average molecular weight is 361 g/mol. The van der Waals surface area contributed by atoms with Crippen LogP contribution in [0.5, 0.6) is 11.8 Å². The molecule has 0 radical (unpaired) electrons. The van der Waals surface area contributed by atoms with Crippen LogP contribution in [0, 0.1) is 0 Å². The van der Waals surface area contributed by atoms with Gasteiger partial charge in [0.15, 0.2) is 6.61 Å². The van der Waals surface area contributed by atoms with Crippen molar-refractivity contribution < 1.29 is 27.0 Å². The minimum atomic E-state index is -4.51. The van der Waals surface area contributed by atoms with E-state index in [4.69, 9.17) is 0 Å². The van der Waals surface area contributed by atoms with E-state index >= 15 is 0 Å². The van der Waals surface area contributed by atoms with Crippen LogP contribution in [-0.4, -0.2) is 48.7 Å². The zero-order chi connectivity index (χ0) is 18.4. The molecule has 11 heteroatoms. The number of alkyl halides is 4. The van der Waals surface area contributed by atoms with Gasteiger partial charge in [0.2, 0.25) is 18.8 Å². The van der Waals surface area contributed by atoms with E-state index in [9.17, 15) is 17.6 Å². The number of hydrogen-bond donors (Lipinski definition) is 1. The second-order valence-electron chi connectivity index (χ2n) is 4.94. The Labute approximate surface area is 140 Å². The number of nitrogens with zero attached hydrogens (tertiary/aromatic N) is 4. The first-order valence-electron chi connectivity index (χ1n) is 6.95. The fourth-order valence-corrected chi connectivity index (χ4v) is 1.64. The molecule has 0 aliphatic heterocycles. The van der Waals surface area contributed by atoms with E-state index in [0.717, 1.165) is 0 Å². The lowest BCUT2D eigenvalue weighted by atomic mass is 10.3. The van der Waals surface area contributed by atoms with Gasteiger partial charge in [-0.15, -0.1) is 0 Å². The normalized spacial score (nSPS) is 11.1. The van der Waals surface area contributed by atoms with Gasteiger partial charge in [0.25, 0.3) is 0 Å². The largest absolute Gasteiger partial charge is 0.463 e. The van der Waals surface area contributed by atoms with Crippen LogP contribution in [0.3, 0.4) is 0 Å². The Morgan fingerprint density at radius 3 is 2.28 bits per heavy atom. The van der Waals surface area contributed by atoms with Gasteiger partial charge >= 0.3 is 12.2 Å². The molecule has 0 aliphatic carbocycles. The molecule has 0 fully saturated rings. The Hall–Kier alpha value is -2.85. The first-order valence-corrected chi connectivity index (χ1v) is 6.95. The van der Waals surface area contributed by atoms with Crippen molar-refractivity contribution in [2.45, 2.75) is 6.18 Å². The van der Waals surface area contributed by atoms with E-state index in [1.807, 2.05) is 0 Å². The summed E-state index contributed by atoms with van der Waals surface area (Å²) >= 11 is 0. The van der Waals surface area contributed by atoms with Crippen LogP contribution >= 0.6 is 0 Å². The summed E-state index contributed by atoms with van der Waals surface area (Å²) in [5.41, 5.74) is 0.517. The standard InChI is InChI=1S/C14H15F4N5O2/c1-23(2)12-20-11(21-13(22-12)24-7-14(16,17)18)19-9-3-5-10(6-4-9)25-8-15/h3-6H,7-8H2,1-2H3,(H,19,20,21,22). The van der Waals surface area contributed by atoms with Gasteiger partial charge < -0.3 is 19.7 Å². The van der Waals surface area contributed by atoms with Gasteiger partial charge in [0.1, 0.15) is 5.75 Å². The molecule has 0 atom stereocenters. The van der Waals surface area contributed by atoms with Crippen molar-refractivity contribution in [3.63, 3.8) is 0 Å². The molecule has 25 heavy (non-hydrogen) atoms. The SMILES string of the molecule is CN(C)c1nc(Nc2ccc(OCF)cc2)nc(OCC(F)(F)F)n1. The molecule has 2 aromatic rings. The number of halogens is 4. The number of benzene rings is 1. The van der Waals surface area contributed by atoms with Gasteiger partial charge in [-0.2, -0.15) is 28.1 Å². The lowest BCUT2D eigenvalue weighted by Gasteiger charge is -2.14. The van der Waals surface area contributed by atoms with Crippen molar-refractivity contribution in [3.05, 3.63) is 24.3 Å². The fraction of sp³-hybridized carbons (Fsp3) is 0.357. The monoisotopic (exact) mass is 361 g/mol. The second-order valence-corrected chi connectivity index (χ2v) is 4.94. The quantitative estimate of drug-likeness (QED) is 0.760. The van der Waals surface area contributed by atoms with Crippen molar-refractivity contribution >= 4 is 17.6 Å². The van der Waals surface area contributed by atoms with Crippen LogP contribution in [0.25, 0.3) is 0 Å². The Balaban J connectivity index is 2.19. The fourth-order valence-electron chi connectivity index (χ4n) is 1.64. The van der Waals surface area contributed by atoms with E-state index in [0.29, 0.717) is 11.4 Å². The maximum Gasteiger partial charge on any atom is 0.422 e. The highest BCUT2D eigenvalue weighted by molar-refractivity contribution is 5.55. The number of ether oxygens (including phenoxy) is 2. The molecule has 7 nitrogen and oxygen atoms in total. The van der Waals surface area contributed by atoms with Gasteiger partial charge in [-0.1, -0.05) is 0 Å². The lowest BCUT2D eigenvalue weighted by Crippen LogP contribution is -2.21. The summed E-state index contributed by atoms with van der Waals surface area (Å²) in [4.78, 5) is 13.2. The van der Waals surface area contributed by atoms with Crippen molar-refractivity contribution in [3.8, 4) is 11.8 Å². The summed E-state index contributed by atoms with van der Waals surface area (Å²) < 4.78 is 58.2. The Morgan fingerprint density at radius 1 is 1.04 bits per heavy atom. The van der Waals surface area contributed by atoms with Crippen molar-refractivity contribution in [2.75, 3.05) is 37.8 Å². The molecule has 0 amide bonds. The molecule has 0 spiro atoms. The van der Waals surface area contributed by atoms with Gasteiger partial charge in [0.05, 0.1) is 0 Å². The third kappa shape index (κ3) is 5.94. The Bertz CT molecular complexity index is 695. The highest BCUT2D eigenvalue weighted by atomic mass is 19.4. The molecule has 136 valence electrons.